The fraction of sp³-hybridized carbons (Fsp3) is 0.111. The van der Waals surface area contributed by atoms with Crippen molar-refractivity contribution in [3.63, 3.8) is 0 Å². The van der Waals surface area contributed by atoms with Crippen LogP contribution >= 0.6 is 0 Å². The lowest BCUT2D eigenvalue weighted by Gasteiger charge is -2.06. The first-order valence-electron chi connectivity index (χ1n) is 7.24. The van der Waals surface area contributed by atoms with Crippen molar-refractivity contribution >= 4 is 16.9 Å². The quantitative estimate of drug-likeness (QED) is 0.748. The van der Waals surface area contributed by atoms with E-state index >= 15 is 0 Å². The Morgan fingerprint density at radius 1 is 1.08 bits per heavy atom. The maximum Gasteiger partial charge on any atom is 0.335 e. The molecule has 0 radical (unpaired) electrons. The van der Waals surface area contributed by atoms with Gasteiger partial charge < -0.3 is 19.4 Å². The summed E-state index contributed by atoms with van der Waals surface area (Å²) in [4.78, 5) is 23.2. The van der Waals surface area contributed by atoms with Crippen LogP contribution in [-0.2, 0) is 0 Å². The molecule has 0 unspecified atom stereocenters. The topological polar surface area (TPSA) is 97.0 Å². The first kappa shape index (κ1) is 15.8. The van der Waals surface area contributed by atoms with Gasteiger partial charge in [-0.15, -0.1) is 0 Å². The van der Waals surface area contributed by atoms with E-state index in [0.717, 1.165) is 0 Å². The Kier molecular flexibility index (Phi) is 4.31. The summed E-state index contributed by atoms with van der Waals surface area (Å²) in [5.74, 6) is -0.120. The maximum atomic E-state index is 12.3. The van der Waals surface area contributed by atoms with Crippen LogP contribution < -0.4 is 10.2 Å². The Morgan fingerprint density at radius 3 is 2.50 bits per heavy atom. The molecule has 0 aliphatic carbocycles. The molecule has 24 heavy (non-hydrogen) atoms. The molecule has 3 rings (SSSR count). The van der Waals surface area contributed by atoms with Crippen LogP contribution in [0.3, 0.4) is 0 Å². The number of benzene rings is 2. The van der Waals surface area contributed by atoms with E-state index in [-0.39, 0.29) is 29.6 Å². The monoisotopic (exact) mass is 326 g/mol. The molecule has 1 heterocycles. The smallest absolute Gasteiger partial charge is 0.335 e. The van der Waals surface area contributed by atoms with Crippen LogP contribution in [0.1, 0.15) is 10.4 Å². The molecule has 1 aromatic heterocycles. The van der Waals surface area contributed by atoms with Gasteiger partial charge in [0.15, 0.2) is 5.43 Å². The van der Waals surface area contributed by atoms with Crippen LogP contribution in [0, 0.1) is 0 Å². The van der Waals surface area contributed by atoms with Crippen molar-refractivity contribution in [1.82, 2.24) is 0 Å². The summed E-state index contributed by atoms with van der Waals surface area (Å²) in [7, 11) is 0. The minimum Gasteiger partial charge on any atom is -0.491 e. The fourth-order valence-corrected chi connectivity index (χ4v) is 2.31. The molecule has 0 bridgehead atoms. The zero-order valence-electron chi connectivity index (χ0n) is 12.6. The molecule has 0 atom stereocenters. The van der Waals surface area contributed by atoms with Crippen molar-refractivity contribution in [2.75, 3.05) is 13.2 Å². The molecule has 122 valence electrons. The van der Waals surface area contributed by atoms with Gasteiger partial charge in [0.25, 0.3) is 0 Å². The number of carbonyl (C=O) groups is 1. The van der Waals surface area contributed by atoms with E-state index < -0.39 is 5.97 Å². The Morgan fingerprint density at radius 2 is 1.83 bits per heavy atom. The summed E-state index contributed by atoms with van der Waals surface area (Å²) < 4.78 is 11.0. The Bertz CT molecular complexity index is 940. The number of aromatic carboxylic acids is 1. The Hall–Kier alpha value is -3.12. The third-order valence-electron chi connectivity index (χ3n) is 3.47. The second-order valence-corrected chi connectivity index (χ2v) is 5.09. The zero-order valence-corrected chi connectivity index (χ0v) is 12.6. The molecule has 0 fully saturated rings. The van der Waals surface area contributed by atoms with Crippen molar-refractivity contribution in [2.45, 2.75) is 0 Å². The van der Waals surface area contributed by atoms with Crippen molar-refractivity contribution < 1.29 is 24.2 Å². The molecule has 0 amide bonds. The van der Waals surface area contributed by atoms with Crippen LogP contribution in [0.2, 0.25) is 0 Å². The molecular formula is C18H14O6. The molecule has 0 aliphatic rings. The highest BCUT2D eigenvalue weighted by molar-refractivity contribution is 5.93. The van der Waals surface area contributed by atoms with Gasteiger partial charge in [0.1, 0.15) is 23.7 Å². The second kappa shape index (κ2) is 6.55. The maximum absolute atomic E-state index is 12.3. The largest absolute Gasteiger partial charge is 0.491 e. The van der Waals surface area contributed by atoms with Crippen molar-refractivity contribution in [1.29, 1.82) is 0 Å². The summed E-state index contributed by atoms with van der Waals surface area (Å²) in [5, 5.41) is 18.0. The van der Waals surface area contributed by atoms with Gasteiger partial charge in [0, 0.05) is 11.6 Å². The lowest BCUT2D eigenvalue weighted by atomic mass is 10.1. The standard InChI is InChI=1S/C18H14O6/c19-7-8-23-13-4-1-11(2-5-13)17-10-15(20)14-9-12(18(21)22)3-6-16(14)24-17/h1-6,9-10,19H,7-8H2,(H,21,22). The summed E-state index contributed by atoms with van der Waals surface area (Å²) in [5.41, 5.74) is 0.735. The first-order chi connectivity index (χ1) is 11.6. The minimum atomic E-state index is -1.10. The van der Waals surface area contributed by atoms with E-state index in [0.29, 0.717) is 22.7 Å². The van der Waals surface area contributed by atoms with Gasteiger partial charge in [-0.25, -0.2) is 4.79 Å². The number of aliphatic hydroxyl groups excluding tert-OH is 1. The predicted octanol–water partition coefficient (Wildman–Crippen LogP) is 2.53. The molecule has 2 N–H and O–H groups in total. The van der Waals surface area contributed by atoms with E-state index in [4.69, 9.17) is 19.4 Å². The van der Waals surface area contributed by atoms with Crippen molar-refractivity contribution in [2.24, 2.45) is 0 Å². The number of hydrogen-bond donors (Lipinski definition) is 2. The number of fused-ring (bicyclic) bond motifs is 1. The Labute approximate surface area is 136 Å². The Balaban J connectivity index is 2.00. The highest BCUT2D eigenvalue weighted by atomic mass is 16.5. The third kappa shape index (κ3) is 3.13. The first-order valence-corrected chi connectivity index (χ1v) is 7.24. The van der Waals surface area contributed by atoms with Gasteiger partial charge in [-0.05, 0) is 42.5 Å². The molecule has 0 saturated heterocycles. The van der Waals surface area contributed by atoms with E-state index in [1.54, 1.807) is 24.3 Å². The number of rotatable bonds is 5. The summed E-state index contributed by atoms with van der Waals surface area (Å²) in [6.45, 7) is 0.135. The minimum absolute atomic E-state index is 0.0351. The summed E-state index contributed by atoms with van der Waals surface area (Å²) >= 11 is 0. The number of carboxylic acid groups (broad SMARTS) is 1. The van der Waals surface area contributed by atoms with Crippen LogP contribution in [0.25, 0.3) is 22.3 Å². The van der Waals surface area contributed by atoms with E-state index in [1.807, 2.05) is 0 Å². The lowest BCUT2D eigenvalue weighted by molar-refractivity contribution is 0.0697. The number of ether oxygens (including phenoxy) is 1. The second-order valence-electron chi connectivity index (χ2n) is 5.09. The van der Waals surface area contributed by atoms with Gasteiger partial charge in [-0.2, -0.15) is 0 Å². The molecule has 0 saturated carbocycles. The molecule has 2 aromatic carbocycles. The van der Waals surface area contributed by atoms with Crippen LogP contribution in [0.4, 0.5) is 0 Å². The average Bonchev–Trinajstić information content (AvgIpc) is 2.60. The lowest BCUT2D eigenvalue weighted by Crippen LogP contribution is -2.03. The van der Waals surface area contributed by atoms with Gasteiger partial charge >= 0.3 is 5.97 Å². The van der Waals surface area contributed by atoms with Gasteiger partial charge in [0.05, 0.1) is 17.6 Å². The molecule has 3 aromatic rings. The number of hydrogen-bond acceptors (Lipinski definition) is 5. The van der Waals surface area contributed by atoms with E-state index in [9.17, 15) is 9.59 Å². The molecule has 0 aliphatic heterocycles. The molecule has 6 heteroatoms. The highest BCUT2D eigenvalue weighted by Gasteiger charge is 2.10. The predicted molar refractivity (Wildman–Crippen MR) is 87.5 cm³/mol. The van der Waals surface area contributed by atoms with Crippen LogP contribution in [0.5, 0.6) is 5.75 Å². The SMILES string of the molecule is O=C(O)c1ccc2oc(-c3ccc(OCCO)cc3)cc(=O)c2c1. The van der Waals surface area contributed by atoms with Crippen molar-refractivity contribution in [3.8, 4) is 17.1 Å². The fourth-order valence-electron chi connectivity index (χ4n) is 2.31. The summed E-state index contributed by atoms with van der Waals surface area (Å²) in [6, 6.07) is 12.4. The number of carboxylic acids is 1. The molecule has 6 nitrogen and oxygen atoms in total. The average molecular weight is 326 g/mol. The van der Waals surface area contributed by atoms with Gasteiger partial charge in [-0.1, -0.05) is 0 Å². The number of aliphatic hydroxyl groups is 1. The van der Waals surface area contributed by atoms with E-state index in [2.05, 4.69) is 0 Å². The highest BCUT2D eigenvalue weighted by Crippen LogP contribution is 2.24. The molecular weight excluding hydrogens is 312 g/mol. The van der Waals surface area contributed by atoms with E-state index in [1.165, 1.54) is 24.3 Å². The van der Waals surface area contributed by atoms with Crippen LogP contribution in [0.15, 0.2) is 57.7 Å². The summed E-state index contributed by atoms with van der Waals surface area (Å²) in [6.07, 6.45) is 0. The van der Waals surface area contributed by atoms with Crippen molar-refractivity contribution in [3.05, 3.63) is 64.3 Å². The van der Waals surface area contributed by atoms with Crippen LogP contribution in [-0.4, -0.2) is 29.4 Å². The zero-order chi connectivity index (χ0) is 17.1. The normalized spacial score (nSPS) is 10.7. The van der Waals surface area contributed by atoms with Gasteiger partial charge in [-0.3, -0.25) is 4.79 Å². The third-order valence-corrected chi connectivity index (χ3v) is 3.47. The van der Waals surface area contributed by atoms with Gasteiger partial charge in [0.2, 0.25) is 0 Å². The molecule has 0 spiro atoms.